The van der Waals surface area contributed by atoms with Gasteiger partial charge in [0.2, 0.25) is 41.4 Å². The first-order valence-electron chi connectivity index (χ1n) is 18.8. The molecule has 330 valence electrons. The van der Waals surface area contributed by atoms with E-state index in [0.29, 0.717) is 25.1 Å². The minimum Gasteiger partial charge on any atom is -0.481 e. The van der Waals surface area contributed by atoms with Crippen molar-refractivity contribution in [3.63, 3.8) is 0 Å². The molecule has 0 aromatic carbocycles. The Kier molecular flexibility index (Phi) is 26.4. The number of nitrogens with one attached hydrogen (secondary N) is 8. The summed E-state index contributed by atoms with van der Waals surface area (Å²) in [6, 6.07) is -8.02. The Bertz CT molecular complexity index is 1420. The standard InChI is InChI=1S/C34H62N12O11S/c1-18(2)15-23(29(52)41-17-26(48)42-22(33(56)57)7-4-5-12-35)45-30(53)20(8-6-13-40-34(38)39)44-32(55)24(16-25(37)47)46-31(54)21(11-14-58-3)43-28(51)19(36)9-10-27(49)50/h18-24H,4-17,35-36H2,1-3H3,(H2,37,47)(H,41,52)(H,42,48)(H,43,51)(H,44,55)(H,45,53)(H,46,54)(H,49,50)(H,56,57)(H4,38,39,40)/t19-,20-,21-,22-,23-,24-/m0/s1. The summed E-state index contributed by atoms with van der Waals surface area (Å²) < 4.78 is 0. The first-order chi connectivity index (χ1) is 27.2. The van der Waals surface area contributed by atoms with Gasteiger partial charge in [-0.15, -0.1) is 0 Å². The smallest absolute Gasteiger partial charge is 0.326 e. The van der Waals surface area contributed by atoms with E-state index in [1.165, 1.54) is 11.8 Å². The van der Waals surface area contributed by atoms with E-state index in [1.807, 2.05) is 0 Å². The highest BCUT2D eigenvalue weighted by atomic mass is 32.2. The zero-order chi connectivity index (χ0) is 44.4. The summed E-state index contributed by atoms with van der Waals surface area (Å²) in [6.07, 6.45) is 1.70. The predicted octanol–water partition coefficient (Wildman–Crippen LogP) is -4.13. The van der Waals surface area contributed by atoms with Crippen LogP contribution in [0.2, 0.25) is 0 Å². The summed E-state index contributed by atoms with van der Waals surface area (Å²) in [4.78, 5) is 114. The molecule has 0 rings (SSSR count). The molecule has 0 unspecified atom stereocenters. The maximum Gasteiger partial charge on any atom is 0.326 e. The van der Waals surface area contributed by atoms with Crippen molar-refractivity contribution < 1.29 is 53.4 Å². The van der Waals surface area contributed by atoms with E-state index < -0.39 is 109 Å². The number of primary amides is 1. The number of hydrogen-bond donors (Lipinski definition) is 14. The number of carboxylic acids is 2. The van der Waals surface area contributed by atoms with Gasteiger partial charge in [0, 0.05) is 13.0 Å². The number of rotatable bonds is 31. The number of carbonyl (C=O) groups is 9. The van der Waals surface area contributed by atoms with Crippen molar-refractivity contribution in [2.45, 2.75) is 114 Å². The molecule has 0 heterocycles. The number of nitrogens with two attached hydrogens (primary N) is 4. The van der Waals surface area contributed by atoms with Crippen molar-refractivity contribution in [1.82, 2.24) is 37.2 Å². The molecule has 18 N–H and O–H groups in total. The minimum atomic E-state index is -1.65. The normalized spacial score (nSPS) is 14.0. The predicted molar refractivity (Wildman–Crippen MR) is 213 cm³/mol. The van der Waals surface area contributed by atoms with E-state index in [1.54, 1.807) is 20.1 Å². The Morgan fingerprint density at radius 2 is 1.22 bits per heavy atom. The Morgan fingerprint density at radius 3 is 1.76 bits per heavy atom. The van der Waals surface area contributed by atoms with E-state index >= 15 is 0 Å². The lowest BCUT2D eigenvalue weighted by Gasteiger charge is -2.27. The lowest BCUT2D eigenvalue weighted by molar-refractivity contribution is -0.142. The Morgan fingerprint density at radius 1 is 0.672 bits per heavy atom. The summed E-state index contributed by atoms with van der Waals surface area (Å²) in [5, 5.41) is 42.9. The molecular weight excluding hydrogens is 785 g/mol. The van der Waals surface area contributed by atoms with Crippen LogP contribution in [0.15, 0.2) is 0 Å². The Balaban J connectivity index is 6.16. The fraction of sp³-hybridized carbons (Fsp3) is 0.706. The van der Waals surface area contributed by atoms with Crippen molar-refractivity contribution >= 4 is 71.0 Å². The number of carboxylic acid groups (broad SMARTS) is 2. The van der Waals surface area contributed by atoms with Crippen LogP contribution in [-0.2, 0) is 43.2 Å². The molecule has 24 heteroatoms. The lowest BCUT2D eigenvalue weighted by atomic mass is 10.0. The summed E-state index contributed by atoms with van der Waals surface area (Å²) in [5.41, 5.74) is 22.0. The largest absolute Gasteiger partial charge is 0.481 e. The van der Waals surface area contributed by atoms with Crippen LogP contribution in [0, 0.1) is 11.3 Å². The van der Waals surface area contributed by atoms with Gasteiger partial charge < -0.3 is 70.4 Å². The van der Waals surface area contributed by atoms with Crippen molar-refractivity contribution in [1.29, 1.82) is 5.41 Å². The van der Waals surface area contributed by atoms with Crippen LogP contribution in [0.3, 0.4) is 0 Å². The molecule has 6 atom stereocenters. The molecule has 23 nitrogen and oxygen atoms in total. The summed E-state index contributed by atoms with van der Waals surface area (Å²) in [5.74, 6) is -8.79. The van der Waals surface area contributed by atoms with E-state index in [4.69, 9.17) is 33.5 Å². The third-order valence-corrected chi connectivity index (χ3v) is 8.89. The number of guanidine groups is 1. The number of thioether (sulfide) groups is 1. The van der Waals surface area contributed by atoms with Gasteiger partial charge in [0.25, 0.3) is 0 Å². The molecular formula is C34H62N12O11S. The number of aliphatic carboxylic acids is 2. The van der Waals surface area contributed by atoms with Gasteiger partial charge in [0.05, 0.1) is 19.0 Å². The molecule has 0 saturated carbocycles. The van der Waals surface area contributed by atoms with Crippen LogP contribution in [0.25, 0.3) is 0 Å². The fourth-order valence-corrected chi connectivity index (χ4v) is 5.68. The summed E-state index contributed by atoms with van der Waals surface area (Å²) >= 11 is 1.34. The molecule has 0 fully saturated rings. The minimum absolute atomic E-state index is 0.0549. The average Bonchev–Trinajstić information content (AvgIpc) is 3.13. The molecule has 0 aliphatic heterocycles. The molecule has 58 heavy (non-hydrogen) atoms. The van der Waals surface area contributed by atoms with Gasteiger partial charge in [-0.1, -0.05) is 13.8 Å². The van der Waals surface area contributed by atoms with Gasteiger partial charge in [-0.05, 0) is 75.8 Å². The molecule has 0 spiro atoms. The SMILES string of the molecule is CSCC[C@H](NC(=O)[C@@H](N)CCC(=O)O)C(=O)N[C@@H](CC(N)=O)C(=O)N[C@@H](CCCNC(=N)N)C(=O)N[C@@H](CC(C)C)C(=O)NCC(=O)N[C@@H](CCCCN)C(=O)O. The second-order valence-electron chi connectivity index (χ2n) is 13.8. The van der Waals surface area contributed by atoms with E-state index in [2.05, 4.69) is 37.2 Å². The highest BCUT2D eigenvalue weighted by Crippen LogP contribution is 2.09. The van der Waals surface area contributed by atoms with Gasteiger partial charge >= 0.3 is 11.9 Å². The van der Waals surface area contributed by atoms with E-state index in [9.17, 15) is 48.3 Å². The van der Waals surface area contributed by atoms with Crippen molar-refractivity contribution in [2.24, 2.45) is 28.9 Å². The first-order valence-corrected chi connectivity index (χ1v) is 20.1. The lowest BCUT2D eigenvalue weighted by Crippen LogP contribution is -2.59. The third kappa shape index (κ3) is 23.7. The molecule has 0 bridgehead atoms. The second kappa shape index (κ2) is 29.1. The van der Waals surface area contributed by atoms with Crippen LogP contribution in [0.5, 0.6) is 0 Å². The number of carbonyl (C=O) groups excluding carboxylic acids is 7. The highest BCUT2D eigenvalue weighted by molar-refractivity contribution is 7.98. The summed E-state index contributed by atoms with van der Waals surface area (Å²) in [7, 11) is 0. The molecule has 0 aliphatic carbocycles. The van der Waals surface area contributed by atoms with Crippen molar-refractivity contribution in [3.05, 3.63) is 0 Å². The molecule has 0 radical (unpaired) electrons. The number of hydrogen-bond acceptors (Lipinski definition) is 13. The van der Waals surface area contributed by atoms with Crippen LogP contribution in [-0.4, -0.2) is 137 Å². The van der Waals surface area contributed by atoms with Crippen LogP contribution in [0.1, 0.15) is 78.1 Å². The maximum atomic E-state index is 13.7. The van der Waals surface area contributed by atoms with Crippen molar-refractivity contribution in [3.8, 4) is 0 Å². The van der Waals surface area contributed by atoms with Crippen LogP contribution < -0.4 is 60.2 Å². The Labute approximate surface area is 341 Å². The molecule has 0 aromatic heterocycles. The van der Waals surface area contributed by atoms with Gasteiger partial charge in [-0.3, -0.25) is 43.8 Å². The third-order valence-electron chi connectivity index (χ3n) is 8.25. The zero-order valence-electron chi connectivity index (χ0n) is 33.2. The quantitative estimate of drug-likeness (QED) is 0.0179. The molecule has 0 aromatic rings. The average molecular weight is 847 g/mol. The Hall–Kier alpha value is -5.23. The fourth-order valence-electron chi connectivity index (χ4n) is 5.21. The summed E-state index contributed by atoms with van der Waals surface area (Å²) in [6.45, 7) is 3.36. The zero-order valence-corrected chi connectivity index (χ0v) is 34.0. The van der Waals surface area contributed by atoms with Crippen LogP contribution in [0.4, 0.5) is 0 Å². The van der Waals surface area contributed by atoms with Crippen LogP contribution >= 0.6 is 11.8 Å². The molecule has 0 aliphatic rings. The highest BCUT2D eigenvalue weighted by Gasteiger charge is 2.33. The monoisotopic (exact) mass is 846 g/mol. The molecule has 7 amide bonds. The number of amides is 7. The van der Waals surface area contributed by atoms with Gasteiger partial charge in [0.1, 0.15) is 30.2 Å². The topological polar surface area (TPSA) is 406 Å². The van der Waals surface area contributed by atoms with E-state index in [0.717, 1.165) is 0 Å². The van der Waals surface area contributed by atoms with E-state index in [-0.39, 0.29) is 56.9 Å². The van der Waals surface area contributed by atoms with Gasteiger partial charge in [0.15, 0.2) is 5.96 Å². The van der Waals surface area contributed by atoms with Gasteiger partial charge in [-0.25, -0.2) is 4.79 Å². The molecule has 0 saturated heterocycles. The first kappa shape index (κ1) is 52.8. The van der Waals surface area contributed by atoms with Gasteiger partial charge in [-0.2, -0.15) is 11.8 Å². The second-order valence-corrected chi connectivity index (χ2v) is 14.8. The van der Waals surface area contributed by atoms with Crippen molar-refractivity contribution in [2.75, 3.05) is 31.6 Å². The maximum absolute atomic E-state index is 13.7. The number of unbranched alkanes of at least 4 members (excludes halogenated alkanes) is 1.